The van der Waals surface area contributed by atoms with Crippen molar-refractivity contribution in [3.63, 3.8) is 0 Å². The summed E-state index contributed by atoms with van der Waals surface area (Å²) >= 11 is 1.67. The summed E-state index contributed by atoms with van der Waals surface area (Å²) in [6.07, 6.45) is 3.69. The summed E-state index contributed by atoms with van der Waals surface area (Å²) in [7, 11) is 0. The van der Waals surface area contributed by atoms with Crippen LogP contribution in [0.15, 0.2) is 11.6 Å². The van der Waals surface area contributed by atoms with Crippen molar-refractivity contribution in [1.29, 1.82) is 0 Å². The molecule has 0 amide bonds. The molecule has 0 atom stereocenters. The summed E-state index contributed by atoms with van der Waals surface area (Å²) in [5.41, 5.74) is 0.700. The zero-order chi connectivity index (χ0) is 15.0. The Morgan fingerprint density at radius 1 is 1.43 bits per heavy atom. The fraction of sp³-hybridized carbons (Fsp3) is 0.667. The highest BCUT2D eigenvalue weighted by Gasteiger charge is 2.30. The van der Waals surface area contributed by atoms with Crippen molar-refractivity contribution in [2.24, 2.45) is 0 Å². The molecule has 2 aromatic heterocycles. The van der Waals surface area contributed by atoms with Crippen molar-refractivity contribution in [2.75, 3.05) is 18.0 Å². The first-order valence-corrected chi connectivity index (χ1v) is 8.49. The highest BCUT2D eigenvalue weighted by Crippen LogP contribution is 2.29. The third-order valence-electron chi connectivity index (χ3n) is 4.16. The van der Waals surface area contributed by atoms with Gasteiger partial charge in [-0.3, -0.25) is 4.40 Å². The van der Waals surface area contributed by atoms with E-state index in [1.807, 2.05) is 6.92 Å². The van der Waals surface area contributed by atoms with Crippen LogP contribution < -0.4 is 10.2 Å². The van der Waals surface area contributed by atoms with Crippen molar-refractivity contribution in [1.82, 2.24) is 14.7 Å². The van der Waals surface area contributed by atoms with E-state index in [2.05, 4.69) is 40.0 Å². The molecule has 2 N–H and O–H groups in total. The van der Waals surface area contributed by atoms with Gasteiger partial charge in [0.05, 0.1) is 11.3 Å². The predicted molar refractivity (Wildman–Crippen MR) is 87.1 cm³/mol. The van der Waals surface area contributed by atoms with Crippen LogP contribution in [0.5, 0.6) is 0 Å². The Hall–Kier alpha value is -1.11. The molecule has 1 aliphatic heterocycles. The van der Waals surface area contributed by atoms with E-state index in [0.29, 0.717) is 6.04 Å². The molecule has 3 heterocycles. The van der Waals surface area contributed by atoms with Gasteiger partial charge >= 0.3 is 0 Å². The summed E-state index contributed by atoms with van der Waals surface area (Å²) in [5, 5.41) is 15.7. The minimum atomic E-state index is -0.524. The molecule has 0 radical (unpaired) electrons. The van der Waals surface area contributed by atoms with Gasteiger partial charge < -0.3 is 15.3 Å². The Morgan fingerprint density at radius 3 is 2.81 bits per heavy atom. The molecule has 1 fully saturated rings. The van der Waals surface area contributed by atoms with Gasteiger partial charge in [0.15, 0.2) is 10.8 Å². The maximum atomic E-state index is 10.1. The molecule has 1 aliphatic rings. The SMILES string of the molecule is CC(C)NCc1c(N2CCC(C)(O)CC2)nc2sccn12. The lowest BCUT2D eigenvalue weighted by molar-refractivity contribution is 0.0350. The van der Waals surface area contributed by atoms with Crippen molar-refractivity contribution >= 4 is 22.1 Å². The van der Waals surface area contributed by atoms with Gasteiger partial charge in [-0.15, -0.1) is 11.3 Å². The van der Waals surface area contributed by atoms with Crippen molar-refractivity contribution in [3.05, 3.63) is 17.3 Å². The number of hydrogen-bond acceptors (Lipinski definition) is 5. The molecular formula is C15H24N4OS. The lowest BCUT2D eigenvalue weighted by Gasteiger charge is -2.36. The average Bonchev–Trinajstić information content (AvgIpc) is 2.97. The van der Waals surface area contributed by atoms with Gasteiger partial charge in [-0.25, -0.2) is 4.98 Å². The highest BCUT2D eigenvalue weighted by molar-refractivity contribution is 7.15. The van der Waals surface area contributed by atoms with Crippen molar-refractivity contribution in [2.45, 2.75) is 51.8 Å². The number of fused-ring (bicyclic) bond motifs is 1. The van der Waals surface area contributed by atoms with E-state index in [1.54, 1.807) is 11.3 Å². The number of hydrogen-bond donors (Lipinski definition) is 2. The molecule has 5 nitrogen and oxygen atoms in total. The van der Waals surface area contributed by atoms with Crippen LogP contribution in [0, 0.1) is 0 Å². The summed E-state index contributed by atoms with van der Waals surface area (Å²) in [6, 6.07) is 0.448. The molecular weight excluding hydrogens is 284 g/mol. The molecule has 0 bridgehead atoms. The minimum Gasteiger partial charge on any atom is -0.390 e. The second-order valence-electron chi connectivity index (χ2n) is 6.46. The molecule has 0 saturated carbocycles. The van der Waals surface area contributed by atoms with Gasteiger partial charge in [-0.05, 0) is 19.8 Å². The maximum absolute atomic E-state index is 10.1. The van der Waals surface area contributed by atoms with E-state index < -0.39 is 5.60 Å². The Labute approximate surface area is 129 Å². The van der Waals surface area contributed by atoms with Crippen LogP contribution >= 0.6 is 11.3 Å². The zero-order valence-corrected chi connectivity index (χ0v) is 13.8. The zero-order valence-electron chi connectivity index (χ0n) is 13.0. The quantitative estimate of drug-likeness (QED) is 0.909. The molecule has 3 rings (SSSR count). The standard InChI is InChI=1S/C15H24N4OS/c1-11(2)16-10-12-13(17-14-19(12)8-9-21-14)18-6-4-15(3,20)5-7-18/h8-9,11,16,20H,4-7,10H2,1-3H3. The Kier molecular flexibility index (Phi) is 3.94. The summed E-state index contributed by atoms with van der Waals surface area (Å²) in [6.45, 7) is 8.79. The third-order valence-corrected chi connectivity index (χ3v) is 4.91. The second-order valence-corrected chi connectivity index (χ2v) is 7.33. The maximum Gasteiger partial charge on any atom is 0.195 e. The normalized spacial score (nSPS) is 18.8. The number of aliphatic hydroxyl groups is 1. The Bertz CT molecular complexity index is 606. The number of anilines is 1. The lowest BCUT2D eigenvalue weighted by Crippen LogP contribution is -2.43. The molecule has 6 heteroatoms. The fourth-order valence-corrected chi connectivity index (χ4v) is 3.47. The summed E-state index contributed by atoms with van der Waals surface area (Å²) in [5.74, 6) is 1.07. The molecule has 1 saturated heterocycles. The van der Waals surface area contributed by atoms with Gasteiger partial charge in [0.2, 0.25) is 0 Å². The first-order chi connectivity index (χ1) is 9.96. The number of rotatable bonds is 4. The number of nitrogens with zero attached hydrogens (tertiary/aromatic N) is 3. The minimum absolute atomic E-state index is 0.448. The van der Waals surface area contributed by atoms with Gasteiger partial charge in [-0.2, -0.15) is 0 Å². The highest BCUT2D eigenvalue weighted by atomic mass is 32.1. The van der Waals surface area contributed by atoms with Gasteiger partial charge in [-0.1, -0.05) is 13.8 Å². The molecule has 2 aromatic rings. The number of piperidine rings is 1. The molecule has 21 heavy (non-hydrogen) atoms. The first-order valence-electron chi connectivity index (χ1n) is 7.61. The number of imidazole rings is 1. The predicted octanol–water partition coefficient (Wildman–Crippen LogP) is 2.25. The van der Waals surface area contributed by atoms with Gasteiger partial charge in [0.1, 0.15) is 0 Å². The summed E-state index contributed by atoms with van der Waals surface area (Å²) < 4.78 is 2.18. The lowest BCUT2D eigenvalue weighted by atomic mass is 9.94. The molecule has 0 spiro atoms. The summed E-state index contributed by atoms with van der Waals surface area (Å²) in [4.78, 5) is 8.17. The van der Waals surface area contributed by atoms with Crippen molar-refractivity contribution in [3.8, 4) is 0 Å². The van der Waals surface area contributed by atoms with E-state index >= 15 is 0 Å². The van der Waals surface area contributed by atoms with E-state index in [1.165, 1.54) is 5.69 Å². The van der Waals surface area contributed by atoms with E-state index in [-0.39, 0.29) is 0 Å². The molecule has 0 aliphatic carbocycles. The number of nitrogens with one attached hydrogen (secondary N) is 1. The van der Waals surface area contributed by atoms with Crippen LogP contribution in [0.1, 0.15) is 39.3 Å². The van der Waals surface area contributed by atoms with Crippen LogP contribution in [-0.4, -0.2) is 39.2 Å². The van der Waals surface area contributed by atoms with Crippen LogP contribution in [0.25, 0.3) is 4.96 Å². The topological polar surface area (TPSA) is 52.8 Å². The molecule has 116 valence electrons. The largest absolute Gasteiger partial charge is 0.390 e. The van der Waals surface area contributed by atoms with Crippen LogP contribution in [0.4, 0.5) is 5.82 Å². The smallest absolute Gasteiger partial charge is 0.195 e. The van der Waals surface area contributed by atoms with Gasteiger partial charge in [0.25, 0.3) is 0 Å². The Balaban J connectivity index is 1.87. The monoisotopic (exact) mass is 308 g/mol. The van der Waals surface area contributed by atoms with Gasteiger partial charge in [0, 0.05) is 37.3 Å². The number of aromatic nitrogens is 2. The van der Waals surface area contributed by atoms with E-state index in [0.717, 1.165) is 43.3 Å². The Morgan fingerprint density at radius 2 is 2.14 bits per heavy atom. The second kappa shape index (κ2) is 5.59. The molecule has 0 aromatic carbocycles. The first kappa shape index (κ1) is 14.8. The van der Waals surface area contributed by atoms with Crippen LogP contribution in [-0.2, 0) is 6.54 Å². The fourth-order valence-electron chi connectivity index (χ4n) is 2.74. The van der Waals surface area contributed by atoms with Crippen LogP contribution in [0.3, 0.4) is 0 Å². The number of thiazole rings is 1. The molecule has 0 unspecified atom stereocenters. The van der Waals surface area contributed by atoms with Crippen LogP contribution in [0.2, 0.25) is 0 Å². The average molecular weight is 308 g/mol. The van der Waals surface area contributed by atoms with E-state index in [9.17, 15) is 5.11 Å². The van der Waals surface area contributed by atoms with E-state index in [4.69, 9.17) is 4.98 Å². The van der Waals surface area contributed by atoms with Crippen molar-refractivity contribution < 1.29 is 5.11 Å². The third kappa shape index (κ3) is 3.07.